The predicted molar refractivity (Wildman–Crippen MR) is 495 cm³/mol. The lowest BCUT2D eigenvalue weighted by Crippen LogP contribution is -2.44. The summed E-state index contributed by atoms with van der Waals surface area (Å²) in [5.41, 5.74) is 18.8. The van der Waals surface area contributed by atoms with Crippen LogP contribution in [0.15, 0.2) is 212 Å². The highest BCUT2D eigenvalue weighted by Crippen LogP contribution is 2.32. The fourth-order valence-electron chi connectivity index (χ4n) is 14.5. The summed E-state index contributed by atoms with van der Waals surface area (Å²) in [5, 5.41) is 7.17. The lowest BCUT2D eigenvalue weighted by Gasteiger charge is -2.34. The minimum Gasteiger partial charge on any atom is -0.378 e. The average Bonchev–Trinajstić information content (AvgIpc) is 0.950. The number of rotatable bonds is 9. The zero-order chi connectivity index (χ0) is 84.7. The van der Waals surface area contributed by atoms with E-state index in [4.69, 9.17) is 4.74 Å². The number of morpholine rings is 1. The van der Waals surface area contributed by atoms with Crippen molar-refractivity contribution in [3.63, 3.8) is 0 Å². The monoisotopic (exact) mass is 1600 g/mol. The number of likely N-dealkylation sites (N-methyl/N-ethyl adjacent to an activating group) is 2. The van der Waals surface area contributed by atoms with Crippen molar-refractivity contribution in [3.05, 3.63) is 252 Å². The Bertz CT molecular complexity index is 4190. The number of nitrogens with one attached hydrogen (secondary N) is 1. The Morgan fingerprint density at radius 3 is 1.06 bits per heavy atom. The number of piperazine rings is 2. The maximum absolute atomic E-state index is 12.5. The van der Waals surface area contributed by atoms with Gasteiger partial charge < -0.3 is 39.1 Å². The first-order valence-corrected chi connectivity index (χ1v) is 44.6. The van der Waals surface area contributed by atoms with Crippen molar-refractivity contribution in [1.29, 1.82) is 0 Å². The Morgan fingerprint density at radius 1 is 0.371 bits per heavy atom. The van der Waals surface area contributed by atoms with E-state index >= 15 is 0 Å². The largest absolute Gasteiger partial charge is 0.378 e. The van der Waals surface area contributed by atoms with Crippen molar-refractivity contribution >= 4 is 26.9 Å². The SMILES string of the molecule is CC(C)(C)c1ccc(-n2cccn2)cc1.CC(C)(C)c1ccc(-n2ccnc2)cc1.CC(C)(C)c1ccc(N2CCCCC2)cc1.CC(C)(C)c1ccc(N2CCOCC2)cc1.CC(C)(C)c1ccc(S(=O)(=O)C2CCNCC2)cc1.CN1CCN(Cc2ccc(C(C)(C)C)cc2)CC1.CN1CCN(c2ccc(C(C)(C)C)cc2)CC1. The molecule has 0 atom stereocenters. The van der Waals surface area contributed by atoms with E-state index < -0.39 is 9.84 Å². The summed E-state index contributed by atoms with van der Waals surface area (Å²) in [6, 6.07) is 62.8. The first-order valence-electron chi connectivity index (χ1n) is 43.1. The van der Waals surface area contributed by atoms with Gasteiger partial charge in [0.05, 0.1) is 35.4 Å². The van der Waals surface area contributed by atoms with E-state index in [1.165, 1.54) is 128 Å². The fraction of sp³-hybridized carbons (Fsp3) is 0.525. The molecule has 5 fully saturated rings. The Balaban J connectivity index is 0.000000169. The summed E-state index contributed by atoms with van der Waals surface area (Å²) >= 11 is 0. The molecule has 0 aliphatic carbocycles. The molecule has 0 spiro atoms. The van der Waals surface area contributed by atoms with Crippen LogP contribution in [-0.4, -0.2) is 167 Å². The van der Waals surface area contributed by atoms with Crippen LogP contribution in [0.3, 0.4) is 0 Å². The van der Waals surface area contributed by atoms with Gasteiger partial charge in [-0.1, -0.05) is 242 Å². The van der Waals surface area contributed by atoms with Crippen LogP contribution in [0.5, 0.6) is 0 Å². The van der Waals surface area contributed by atoms with Crippen LogP contribution >= 0.6 is 0 Å². The molecule has 14 rings (SSSR count). The van der Waals surface area contributed by atoms with Crippen molar-refractivity contribution < 1.29 is 13.2 Å². The molecule has 0 bridgehead atoms. The second-order valence-electron chi connectivity index (χ2n) is 39.6. The van der Waals surface area contributed by atoms with Crippen LogP contribution in [-0.2, 0) is 59.0 Å². The topological polar surface area (TPSA) is 110 Å². The van der Waals surface area contributed by atoms with E-state index in [2.05, 4.69) is 350 Å². The number of sulfone groups is 1. The normalized spacial score (nSPS) is 16.6. The quantitative estimate of drug-likeness (QED) is 0.149. The molecule has 15 heteroatoms. The first-order chi connectivity index (χ1) is 54.5. The number of piperidine rings is 2. The summed E-state index contributed by atoms with van der Waals surface area (Å²) in [6.07, 6.45) is 14.8. The number of hydrogen-bond acceptors (Lipinski definition) is 12. The highest BCUT2D eigenvalue weighted by Gasteiger charge is 2.30. The molecule has 5 aliphatic rings. The Morgan fingerprint density at radius 2 is 0.707 bits per heavy atom. The number of nitrogens with zero attached hydrogens (tertiary/aromatic N) is 10. The highest BCUT2D eigenvalue weighted by atomic mass is 32.2. The van der Waals surface area contributed by atoms with Gasteiger partial charge in [0.25, 0.3) is 0 Å². The summed E-state index contributed by atoms with van der Waals surface area (Å²) in [5.74, 6) is 0. The molecule has 1 N–H and O–H groups in total. The van der Waals surface area contributed by atoms with Crippen molar-refractivity contribution in [3.8, 4) is 11.4 Å². The minimum absolute atomic E-state index is 0.0526. The third-order valence-corrected chi connectivity index (χ3v) is 25.1. The number of ether oxygens (including phenoxy) is 1. The molecule has 0 saturated carbocycles. The van der Waals surface area contributed by atoms with Gasteiger partial charge in [-0.25, -0.2) is 18.1 Å². The lowest BCUT2D eigenvalue weighted by molar-refractivity contribution is 0.122. The van der Waals surface area contributed by atoms with E-state index in [-0.39, 0.29) is 43.2 Å². The van der Waals surface area contributed by atoms with Gasteiger partial charge >= 0.3 is 0 Å². The number of aromatic nitrogens is 4. The molecular weight excluding hydrogens is 1450 g/mol. The van der Waals surface area contributed by atoms with Crippen LogP contribution < -0.4 is 20.0 Å². The smallest absolute Gasteiger partial charge is 0.181 e. The molecule has 5 saturated heterocycles. The molecule has 632 valence electrons. The summed E-state index contributed by atoms with van der Waals surface area (Å²) in [4.78, 5) is 19.2. The van der Waals surface area contributed by atoms with Gasteiger partial charge in [-0.05, 0) is 221 Å². The first kappa shape index (κ1) is 93.6. The van der Waals surface area contributed by atoms with Gasteiger partial charge in [-0.2, -0.15) is 5.10 Å². The van der Waals surface area contributed by atoms with Crippen molar-refractivity contribution in [2.45, 2.75) is 232 Å². The van der Waals surface area contributed by atoms with Crippen molar-refractivity contribution in [1.82, 2.24) is 39.3 Å². The van der Waals surface area contributed by atoms with Crippen LogP contribution in [0, 0.1) is 0 Å². The zero-order valence-electron chi connectivity index (χ0n) is 75.9. The Labute approximate surface area is 703 Å². The van der Waals surface area contributed by atoms with Crippen LogP contribution in [0.1, 0.15) is 222 Å². The number of hydrogen-bond donors (Lipinski definition) is 1. The predicted octanol–water partition coefficient (Wildman–Crippen LogP) is 21.1. The standard InChI is InChI=1S/C16H26N2.C15H24N2.C15H23NO2S.C15H23N.C14H21NO.2C13H16N2/c1-16(2,3)15-7-5-14(6-8-15)13-18-11-9-17(4)10-12-18;1-15(2,3)13-5-7-14(8-6-13)17-11-9-16(4)10-12-17;1-15(2,3)12-4-6-13(7-5-12)19(17,18)14-8-10-16-11-9-14;1-15(2,3)13-7-9-14(10-8-13)16-11-5-4-6-12-16;1-14(2,3)12-4-6-13(7-5-12)15-8-10-16-11-9-15;1-13(2,3)11-5-7-12(8-6-11)15-10-4-9-14-15;1-13(2,3)11-4-6-12(7-5-11)15-9-8-14-10-15/h5-8H,9-13H2,1-4H3;5-8H,9-12H2,1-4H3;4-7,14,16H,8-11H2,1-3H3;7-10H,4-6,11-12H2,1-3H3;4-7H,8-11H2,1-3H3;2*4-10H,1-3H3. The maximum atomic E-state index is 12.5. The fourth-order valence-corrected chi connectivity index (χ4v) is 16.2. The average molecular weight is 1600 g/mol. The molecule has 7 heterocycles. The number of anilines is 3. The Kier molecular flexibility index (Phi) is 34.0. The van der Waals surface area contributed by atoms with Gasteiger partial charge in [-0.3, -0.25) is 4.90 Å². The molecule has 0 amide bonds. The van der Waals surface area contributed by atoms with Gasteiger partial charge in [0.2, 0.25) is 0 Å². The van der Waals surface area contributed by atoms with E-state index in [1.54, 1.807) is 24.5 Å². The van der Waals surface area contributed by atoms with Crippen LogP contribution in [0.25, 0.3) is 11.4 Å². The molecule has 0 unspecified atom stereocenters. The van der Waals surface area contributed by atoms with Crippen molar-refractivity contribution in [2.24, 2.45) is 0 Å². The van der Waals surface area contributed by atoms with Gasteiger partial charge in [0.1, 0.15) is 0 Å². The number of benzene rings is 7. The third kappa shape index (κ3) is 29.9. The van der Waals surface area contributed by atoms with Gasteiger partial charge in [-0.15, -0.1) is 0 Å². The molecule has 116 heavy (non-hydrogen) atoms. The van der Waals surface area contributed by atoms with E-state index in [1.807, 2.05) is 46.2 Å². The maximum Gasteiger partial charge on any atom is 0.181 e. The summed E-state index contributed by atoms with van der Waals surface area (Å²) in [7, 11) is 1.23. The molecule has 2 aromatic heterocycles. The van der Waals surface area contributed by atoms with Crippen LogP contribution in [0.4, 0.5) is 17.1 Å². The van der Waals surface area contributed by atoms with Gasteiger partial charge in [0.15, 0.2) is 9.84 Å². The van der Waals surface area contributed by atoms with E-state index in [0.717, 1.165) is 76.0 Å². The molecule has 5 aliphatic heterocycles. The Hall–Kier alpha value is -7.89. The number of imidazole rings is 1. The van der Waals surface area contributed by atoms with Crippen molar-refractivity contribution in [2.75, 3.05) is 134 Å². The van der Waals surface area contributed by atoms with E-state index in [0.29, 0.717) is 17.7 Å². The lowest BCUT2D eigenvalue weighted by atomic mass is 9.87. The molecule has 0 radical (unpaired) electrons. The minimum atomic E-state index is -3.16. The second kappa shape index (κ2) is 42.2. The molecule has 7 aromatic carbocycles. The summed E-state index contributed by atoms with van der Waals surface area (Å²) in [6.45, 7) is 65.1. The molecule has 9 aromatic rings. The van der Waals surface area contributed by atoms with Crippen LogP contribution in [0.2, 0.25) is 0 Å². The zero-order valence-corrected chi connectivity index (χ0v) is 76.7. The highest BCUT2D eigenvalue weighted by molar-refractivity contribution is 7.92. The third-order valence-electron chi connectivity index (χ3n) is 22.8. The molecule has 14 nitrogen and oxygen atoms in total. The molecular formula is C101H149N11O3S. The van der Waals surface area contributed by atoms with Gasteiger partial charge in [0, 0.05) is 133 Å². The van der Waals surface area contributed by atoms with E-state index in [9.17, 15) is 8.42 Å². The second-order valence-corrected chi connectivity index (χ2v) is 41.9. The summed E-state index contributed by atoms with van der Waals surface area (Å²) < 4.78 is 34.3.